The van der Waals surface area contributed by atoms with Crippen molar-refractivity contribution in [3.8, 4) is 0 Å². The van der Waals surface area contributed by atoms with E-state index in [2.05, 4.69) is 56.5 Å². The molecule has 0 fully saturated rings. The van der Waals surface area contributed by atoms with Gasteiger partial charge in [-0.1, -0.05) is 56.0 Å². The molecule has 4 heteroatoms. The Morgan fingerprint density at radius 2 is 1.80 bits per heavy atom. The maximum atomic E-state index is 6.58. The van der Waals surface area contributed by atoms with Crippen LogP contribution in [0.3, 0.4) is 0 Å². The van der Waals surface area contributed by atoms with Crippen LogP contribution in [0.1, 0.15) is 64.0 Å². The first kappa shape index (κ1) is 22.6. The number of unbranched alkanes of at least 4 members (excludes halogenated alkanes) is 4. The van der Waals surface area contributed by atoms with Crippen LogP contribution in [0.2, 0.25) is 0 Å². The molecule has 25 heavy (non-hydrogen) atoms. The van der Waals surface area contributed by atoms with Crippen molar-refractivity contribution in [3.63, 3.8) is 0 Å². The summed E-state index contributed by atoms with van der Waals surface area (Å²) >= 11 is 1.92. The molecule has 1 aromatic rings. The molecular weight excluding hydrogens is 439 g/mol. The number of nitrogens with two attached hydrogens (primary N) is 1. The van der Waals surface area contributed by atoms with Crippen LogP contribution >= 0.6 is 11.8 Å². The van der Waals surface area contributed by atoms with Crippen molar-refractivity contribution in [2.45, 2.75) is 65.8 Å². The van der Waals surface area contributed by atoms with Crippen molar-refractivity contribution in [1.82, 2.24) is 0 Å². The molecule has 1 aliphatic heterocycles. The van der Waals surface area contributed by atoms with E-state index in [1.165, 1.54) is 53.8 Å². The minimum absolute atomic E-state index is 0. The summed E-state index contributed by atoms with van der Waals surface area (Å²) in [5.74, 6) is 1.15. The number of benzene rings is 1. The summed E-state index contributed by atoms with van der Waals surface area (Å²) in [4.78, 5) is 0. The van der Waals surface area contributed by atoms with Crippen molar-refractivity contribution in [2.75, 3.05) is 12.3 Å². The van der Waals surface area contributed by atoms with Crippen LogP contribution in [-0.4, -0.2) is 28.0 Å². The second-order valence-corrected chi connectivity index (χ2v) is 7.99. The lowest BCUT2D eigenvalue weighted by Gasteiger charge is -2.09. The van der Waals surface area contributed by atoms with Crippen molar-refractivity contribution >= 4 is 22.4 Å². The average molecular weight is 472 g/mol. The van der Waals surface area contributed by atoms with Crippen molar-refractivity contribution in [1.29, 1.82) is 0 Å². The van der Waals surface area contributed by atoms with Gasteiger partial charge < -0.3 is 29.7 Å². The van der Waals surface area contributed by atoms with E-state index >= 15 is 0 Å². The monoisotopic (exact) mass is 472 g/mol. The van der Waals surface area contributed by atoms with E-state index in [1.807, 2.05) is 11.8 Å². The Kier molecular flexibility index (Phi) is 10.2. The lowest BCUT2D eigenvalue weighted by atomic mass is 10.0. The van der Waals surface area contributed by atoms with E-state index in [0.29, 0.717) is 6.04 Å². The van der Waals surface area contributed by atoms with Crippen molar-refractivity contribution in [3.05, 3.63) is 41.1 Å². The van der Waals surface area contributed by atoms with E-state index in [1.54, 1.807) is 0 Å². The number of allylic oxidation sites excluding steroid dienone is 1. The Hall–Kier alpha value is -0.490. The quantitative estimate of drug-likeness (QED) is 0.357. The highest BCUT2D eigenvalue weighted by Crippen LogP contribution is 2.26. The van der Waals surface area contributed by atoms with Crippen LogP contribution in [0.25, 0.3) is 5.57 Å². The second-order valence-electron chi connectivity index (χ2n) is 6.98. The van der Waals surface area contributed by atoms with E-state index < -0.39 is 0 Å². The summed E-state index contributed by atoms with van der Waals surface area (Å²) in [5.41, 5.74) is 11.3. The van der Waals surface area contributed by atoms with Gasteiger partial charge in [0, 0.05) is 6.42 Å². The fraction of sp³-hybridized carbons (Fsp3) is 0.571. The lowest BCUT2D eigenvalue weighted by Crippen LogP contribution is -3.00. The van der Waals surface area contributed by atoms with Gasteiger partial charge in [-0.25, -0.2) is 4.58 Å². The molecule has 2 N–H and O–H groups in total. The number of hydrogen-bond donors (Lipinski definition) is 1. The van der Waals surface area contributed by atoms with Gasteiger partial charge in [0.25, 0.3) is 5.04 Å². The topological polar surface area (TPSA) is 29.0 Å². The van der Waals surface area contributed by atoms with Crippen LogP contribution in [0.4, 0.5) is 0 Å². The largest absolute Gasteiger partial charge is 1.00 e. The molecule has 0 aliphatic carbocycles. The molecule has 0 bridgehead atoms. The minimum Gasteiger partial charge on any atom is -1.00 e. The Labute approximate surface area is 175 Å². The first-order valence-electron chi connectivity index (χ1n) is 9.34. The van der Waals surface area contributed by atoms with E-state index in [4.69, 9.17) is 5.73 Å². The standard InChI is InChI=1S/C21H33N2S.HI/c1-5-6-7-8-9-14-23-17(3)15-24-21(23)20(22)18(4)19-12-10-16(2)11-13-19;/h10-13,17H,5-9,14-15,22H2,1-4H3;1H/q+1;/p-1. The summed E-state index contributed by atoms with van der Waals surface area (Å²) in [6.45, 7) is 9.99. The summed E-state index contributed by atoms with van der Waals surface area (Å²) in [7, 11) is 0. The number of halogens is 1. The molecule has 0 radical (unpaired) electrons. The maximum absolute atomic E-state index is 6.58. The molecule has 0 spiro atoms. The van der Waals surface area contributed by atoms with Gasteiger partial charge in [0.1, 0.15) is 12.2 Å². The van der Waals surface area contributed by atoms with Crippen LogP contribution < -0.4 is 29.7 Å². The normalized spacial score (nSPS) is 18.2. The second kappa shape index (κ2) is 11.3. The highest BCUT2D eigenvalue weighted by atomic mass is 127. The summed E-state index contributed by atoms with van der Waals surface area (Å²) in [6.07, 6.45) is 6.62. The number of nitrogens with zero attached hydrogens (tertiary/aromatic N) is 1. The van der Waals surface area contributed by atoms with Gasteiger partial charge in [0.15, 0.2) is 6.04 Å². The number of thioether (sulfide) groups is 1. The maximum Gasteiger partial charge on any atom is 0.258 e. The van der Waals surface area contributed by atoms with Crippen LogP contribution in [-0.2, 0) is 0 Å². The molecule has 1 aliphatic rings. The van der Waals surface area contributed by atoms with Gasteiger partial charge in [-0.15, -0.1) is 0 Å². The van der Waals surface area contributed by atoms with Gasteiger partial charge in [-0.3, -0.25) is 0 Å². The number of rotatable bonds is 8. The molecule has 1 unspecified atom stereocenters. The third-order valence-corrected chi connectivity index (χ3v) is 6.25. The Balaban J connectivity index is 0.00000312. The smallest absolute Gasteiger partial charge is 0.258 e. The molecule has 1 aromatic carbocycles. The molecule has 2 rings (SSSR count). The molecule has 1 atom stereocenters. The van der Waals surface area contributed by atoms with E-state index in [9.17, 15) is 0 Å². The van der Waals surface area contributed by atoms with Crippen molar-refractivity contribution in [2.24, 2.45) is 5.73 Å². The first-order chi connectivity index (χ1) is 11.5. The molecule has 0 aromatic heterocycles. The van der Waals surface area contributed by atoms with Gasteiger partial charge in [0.05, 0.1) is 5.75 Å². The van der Waals surface area contributed by atoms with Crippen molar-refractivity contribution < 1.29 is 28.6 Å². The number of aryl methyl sites for hydroxylation is 1. The summed E-state index contributed by atoms with van der Waals surface area (Å²) < 4.78 is 2.53. The Morgan fingerprint density at radius 3 is 2.44 bits per heavy atom. The van der Waals surface area contributed by atoms with Gasteiger partial charge in [-0.05, 0) is 50.1 Å². The highest BCUT2D eigenvalue weighted by molar-refractivity contribution is 8.14. The SMILES string of the molecule is CCCCCCC[N+]1=C(C(N)=C(C)c2ccc(C)cc2)SCC1C.[I-]. The molecule has 2 nitrogen and oxygen atoms in total. The van der Waals surface area contributed by atoms with Crippen LogP contribution in [0, 0.1) is 6.92 Å². The fourth-order valence-electron chi connectivity index (χ4n) is 3.13. The zero-order chi connectivity index (χ0) is 17.5. The molecule has 0 saturated carbocycles. The van der Waals surface area contributed by atoms with Gasteiger partial charge >= 0.3 is 0 Å². The van der Waals surface area contributed by atoms with Crippen LogP contribution in [0.5, 0.6) is 0 Å². The third kappa shape index (κ3) is 6.31. The predicted octanol–water partition coefficient (Wildman–Crippen LogP) is 2.21. The fourth-order valence-corrected chi connectivity index (χ4v) is 4.46. The molecule has 0 saturated heterocycles. The van der Waals surface area contributed by atoms with Gasteiger partial charge in [-0.2, -0.15) is 0 Å². The first-order valence-corrected chi connectivity index (χ1v) is 10.3. The summed E-state index contributed by atoms with van der Waals surface area (Å²) in [5, 5.41) is 1.29. The third-order valence-electron chi connectivity index (χ3n) is 4.88. The average Bonchev–Trinajstić information content (AvgIpc) is 2.95. The highest BCUT2D eigenvalue weighted by Gasteiger charge is 2.32. The summed E-state index contributed by atoms with van der Waals surface area (Å²) in [6, 6.07) is 9.26. The molecule has 140 valence electrons. The molecular formula is C21H33IN2S. The lowest BCUT2D eigenvalue weighted by molar-refractivity contribution is -0.552. The predicted molar refractivity (Wildman–Crippen MR) is 109 cm³/mol. The van der Waals surface area contributed by atoms with E-state index in [0.717, 1.165) is 18.0 Å². The zero-order valence-electron chi connectivity index (χ0n) is 16.1. The van der Waals surface area contributed by atoms with E-state index in [-0.39, 0.29) is 24.0 Å². The Morgan fingerprint density at radius 1 is 1.16 bits per heavy atom. The Bertz CT molecular complexity index is 605. The van der Waals surface area contributed by atoms with Gasteiger partial charge in [0.2, 0.25) is 0 Å². The molecule has 1 heterocycles. The zero-order valence-corrected chi connectivity index (χ0v) is 19.1. The molecule has 0 amide bonds. The van der Waals surface area contributed by atoms with Crippen LogP contribution in [0.15, 0.2) is 30.0 Å². The minimum atomic E-state index is 0. The number of hydrogen-bond acceptors (Lipinski definition) is 2.